The molecular weight excluding hydrogens is 442 g/mol. The number of hydrogen-bond donors (Lipinski definition) is 3. The zero-order valence-electron chi connectivity index (χ0n) is 19.3. The maximum absolute atomic E-state index is 13.0. The van der Waals surface area contributed by atoms with Crippen molar-refractivity contribution in [1.29, 1.82) is 5.41 Å². The smallest absolute Gasteiger partial charge is 0.259 e. The molecule has 8 nitrogen and oxygen atoms in total. The van der Waals surface area contributed by atoms with Crippen molar-refractivity contribution in [2.24, 2.45) is 0 Å². The lowest BCUT2D eigenvalue weighted by Crippen LogP contribution is -2.27. The molecule has 8 heteroatoms. The Balaban J connectivity index is 1.82. The van der Waals surface area contributed by atoms with Crippen molar-refractivity contribution in [2.75, 3.05) is 31.3 Å². The minimum Gasteiger partial charge on any atom is -0.495 e. The minimum absolute atomic E-state index is 0.190. The van der Waals surface area contributed by atoms with E-state index in [2.05, 4.69) is 27.5 Å². The number of amides is 2. The molecule has 0 atom stereocenters. The van der Waals surface area contributed by atoms with Gasteiger partial charge in [0, 0.05) is 29.9 Å². The Hall–Kier alpha value is -5.08. The standard InChI is InChI=1S/C27H23N5O3/c1-5-16-32(3)25(28)19-11-13-20(14-12-19)26(33)31-24-21(8-7-9-22(24)35-4)27(34)30-23-15-10-18(6-2)17-29-23/h1-2,7-15,17,28H,16H2,3-4H3,(H,31,33)(H,29,30,34). The van der Waals surface area contributed by atoms with Gasteiger partial charge in [-0.05, 0) is 36.4 Å². The quantitative estimate of drug-likeness (QED) is 0.281. The predicted octanol–water partition coefficient (Wildman–Crippen LogP) is 3.47. The van der Waals surface area contributed by atoms with Gasteiger partial charge in [0.2, 0.25) is 0 Å². The van der Waals surface area contributed by atoms with Crippen LogP contribution in [0.2, 0.25) is 0 Å². The largest absolute Gasteiger partial charge is 0.495 e. The number of ether oxygens (including phenoxy) is 1. The second kappa shape index (κ2) is 11.2. The average molecular weight is 466 g/mol. The van der Waals surface area contributed by atoms with Crippen LogP contribution in [0.15, 0.2) is 60.8 Å². The van der Waals surface area contributed by atoms with Gasteiger partial charge in [-0.2, -0.15) is 0 Å². The molecule has 0 bridgehead atoms. The van der Waals surface area contributed by atoms with Crippen molar-refractivity contribution in [3.63, 3.8) is 0 Å². The molecule has 1 aromatic heterocycles. The third kappa shape index (κ3) is 5.84. The molecule has 0 spiro atoms. The fourth-order valence-electron chi connectivity index (χ4n) is 3.16. The second-order valence-electron chi connectivity index (χ2n) is 7.35. The van der Waals surface area contributed by atoms with E-state index in [9.17, 15) is 9.59 Å². The predicted molar refractivity (Wildman–Crippen MR) is 136 cm³/mol. The first-order chi connectivity index (χ1) is 16.9. The fraction of sp³-hybridized carbons (Fsp3) is 0.111. The van der Waals surface area contributed by atoms with E-state index in [1.165, 1.54) is 13.3 Å². The van der Waals surface area contributed by atoms with Crippen molar-refractivity contribution in [3.05, 3.63) is 83.0 Å². The fourth-order valence-corrected chi connectivity index (χ4v) is 3.16. The van der Waals surface area contributed by atoms with Crippen LogP contribution in [0.5, 0.6) is 5.75 Å². The van der Waals surface area contributed by atoms with Gasteiger partial charge in [-0.15, -0.1) is 12.8 Å². The molecule has 0 aliphatic rings. The molecule has 1 heterocycles. The number of aromatic nitrogens is 1. The number of anilines is 2. The van der Waals surface area contributed by atoms with Crippen molar-refractivity contribution in [3.8, 4) is 30.4 Å². The molecule has 35 heavy (non-hydrogen) atoms. The van der Waals surface area contributed by atoms with Gasteiger partial charge in [0.05, 0.1) is 24.9 Å². The van der Waals surface area contributed by atoms with E-state index in [0.29, 0.717) is 34.8 Å². The van der Waals surface area contributed by atoms with E-state index in [0.717, 1.165) is 0 Å². The Morgan fingerprint density at radius 2 is 1.74 bits per heavy atom. The van der Waals surface area contributed by atoms with Crippen molar-refractivity contribution in [2.45, 2.75) is 0 Å². The summed E-state index contributed by atoms with van der Waals surface area (Å²) in [6.07, 6.45) is 12.1. The van der Waals surface area contributed by atoms with Crippen LogP contribution in [-0.2, 0) is 0 Å². The maximum atomic E-state index is 13.0. The minimum atomic E-state index is -0.486. The summed E-state index contributed by atoms with van der Waals surface area (Å²) in [4.78, 5) is 31.7. The molecule has 3 aromatic rings. The topological polar surface area (TPSA) is 107 Å². The summed E-state index contributed by atoms with van der Waals surface area (Å²) in [5.74, 6) is 4.87. The second-order valence-corrected chi connectivity index (χ2v) is 7.35. The highest BCUT2D eigenvalue weighted by Gasteiger charge is 2.19. The van der Waals surface area contributed by atoms with Crippen LogP contribution in [0.1, 0.15) is 31.8 Å². The first-order valence-corrected chi connectivity index (χ1v) is 10.4. The van der Waals surface area contributed by atoms with Gasteiger partial charge in [-0.3, -0.25) is 15.0 Å². The molecular formula is C27H23N5O3. The van der Waals surface area contributed by atoms with E-state index >= 15 is 0 Å². The molecule has 2 amide bonds. The third-order valence-corrected chi connectivity index (χ3v) is 5.03. The molecule has 3 rings (SSSR count). The normalized spacial score (nSPS) is 9.83. The van der Waals surface area contributed by atoms with Gasteiger partial charge in [0.1, 0.15) is 17.4 Å². The molecule has 0 unspecified atom stereocenters. The molecule has 174 valence electrons. The SMILES string of the molecule is C#CCN(C)C(=N)c1ccc(C(=O)Nc2c(OC)cccc2C(=O)Nc2ccc(C#C)cn2)cc1. The number of rotatable bonds is 7. The molecule has 0 radical (unpaired) electrons. The number of terminal acetylenes is 2. The Morgan fingerprint density at radius 1 is 1.03 bits per heavy atom. The van der Waals surface area contributed by atoms with Crippen LogP contribution in [0.25, 0.3) is 0 Å². The van der Waals surface area contributed by atoms with Crippen LogP contribution in [-0.4, -0.2) is 48.2 Å². The molecule has 3 N–H and O–H groups in total. The van der Waals surface area contributed by atoms with Gasteiger partial charge in [0.15, 0.2) is 0 Å². The van der Waals surface area contributed by atoms with Gasteiger partial charge < -0.3 is 20.3 Å². The van der Waals surface area contributed by atoms with Crippen molar-refractivity contribution >= 4 is 29.2 Å². The molecule has 2 aromatic carbocycles. The molecule has 0 aliphatic heterocycles. The number of carbonyl (C=O) groups excluding carboxylic acids is 2. The lowest BCUT2D eigenvalue weighted by molar-refractivity contribution is 0.102. The highest BCUT2D eigenvalue weighted by Crippen LogP contribution is 2.29. The number of hydrogen-bond acceptors (Lipinski definition) is 5. The number of benzene rings is 2. The number of amidine groups is 1. The van der Waals surface area contributed by atoms with Gasteiger partial charge >= 0.3 is 0 Å². The van der Waals surface area contributed by atoms with Crippen LogP contribution in [0.3, 0.4) is 0 Å². The molecule has 0 saturated heterocycles. The van der Waals surface area contributed by atoms with Gasteiger partial charge in [0.25, 0.3) is 11.8 Å². The average Bonchev–Trinajstić information content (AvgIpc) is 2.88. The monoisotopic (exact) mass is 465 g/mol. The van der Waals surface area contributed by atoms with Crippen LogP contribution in [0.4, 0.5) is 11.5 Å². The maximum Gasteiger partial charge on any atom is 0.259 e. The van der Waals surface area contributed by atoms with Gasteiger partial charge in [-0.25, -0.2) is 4.98 Å². The highest BCUT2D eigenvalue weighted by atomic mass is 16.5. The van der Waals surface area contributed by atoms with Crippen LogP contribution in [0, 0.1) is 30.1 Å². The van der Waals surface area contributed by atoms with E-state index in [1.807, 2.05) is 0 Å². The summed E-state index contributed by atoms with van der Waals surface area (Å²) in [5, 5.41) is 13.6. The summed E-state index contributed by atoms with van der Waals surface area (Å²) in [6.45, 7) is 0.295. The van der Waals surface area contributed by atoms with Crippen molar-refractivity contribution < 1.29 is 14.3 Å². The van der Waals surface area contributed by atoms with E-state index in [1.54, 1.807) is 66.5 Å². The number of nitrogens with zero attached hydrogens (tertiary/aromatic N) is 2. The summed E-state index contributed by atoms with van der Waals surface area (Å²) in [5.41, 5.74) is 1.93. The molecule has 0 saturated carbocycles. The zero-order chi connectivity index (χ0) is 25.4. The number of para-hydroxylation sites is 1. The highest BCUT2D eigenvalue weighted by molar-refractivity contribution is 6.13. The third-order valence-electron chi connectivity index (χ3n) is 5.03. The number of nitrogens with one attached hydrogen (secondary N) is 3. The van der Waals surface area contributed by atoms with Gasteiger partial charge in [-0.1, -0.05) is 30.0 Å². The number of carbonyl (C=O) groups is 2. The van der Waals surface area contributed by atoms with E-state index in [4.69, 9.17) is 23.0 Å². The Morgan fingerprint density at radius 3 is 2.34 bits per heavy atom. The summed E-state index contributed by atoms with van der Waals surface area (Å²) in [7, 11) is 3.16. The zero-order valence-corrected chi connectivity index (χ0v) is 19.3. The summed E-state index contributed by atoms with van der Waals surface area (Å²) in [6, 6.07) is 14.6. The van der Waals surface area contributed by atoms with Crippen LogP contribution < -0.4 is 15.4 Å². The van der Waals surface area contributed by atoms with Crippen molar-refractivity contribution in [1.82, 2.24) is 9.88 Å². The lowest BCUT2D eigenvalue weighted by atomic mass is 10.1. The number of methoxy groups -OCH3 is 1. The first kappa shape index (κ1) is 24.6. The molecule has 0 aliphatic carbocycles. The van der Waals surface area contributed by atoms with Crippen LogP contribution >= 0.6 is 0 Å². The lowest BCUT2D eigenvalue weighted by Gasteiger charge is -2.17. The first-order valence-electron chi connectivity index (χ1n) is 10.4. The molecule has 0 fully saturated rings. The Labute approximate surface area is 203 Å². The summed E-state index contributed by atoms with van der Waals surface area (Å²) < 4.78 is 5.37. The summed E-state index contributed by atoms with van der Waals surface area (Å²) >= 11 is 0. The van der Waals surface area contributed by atoms with E-state index < -0.39 is 11.8 Å². The Bertz CT molecular complexity index is 1330. The Kier molecular flexibility index (Phi) is 7.84. The number of pyridine rings is 1. The van der Waals surface area contributed by atoms with E-state index in [-0.39, 0.29) is 17.1 Å².